The molecule has 0 spiro atoms. The molecule has 7 nitrogen and oxygen atoms in total. The normalized spacial score (nSPS) is 11.1. The molecule has 150 valence electrons. The second-order valence-corrected chi connectivity index (χ2v) is 8.34. The standard InChI is InChI=1S/C21H21N3O4S/c1-29(27,28)24-18-11-9-17(10-12-18)23-21(26)14-22-20(25)13-16-7-4-6-15-5-2-3-8-19(15)16/h2-12,24H,13-14H2,1H3,(H,22,25)(H,23,26). The molecule has 0 fully saturated rings. The van der Waals surface area contributed by atoms with Gasteiger partial charge in [-0.1, -0.05) is 42.5 Å². The van der Waals surface area contributed by atoms with Crippen LogP contribution in [0.5, 0.6) is 0 Å². The predicted molar refractivity (Wildman–Crippen MR) is 114 cm³/mol. The lowest BCUT2D eigenvalue weighted by atomic mass is 10.0. The molecule has 3 aromatic rings. The van der Waals surface area contributed by atoms with Crippen LogP contribution >= 0.6 is 0 Å². The van der Waals surface area contributed by atoms with Crippen LogP contribution < -0.4 is 15.4 Å². The minimum Gasteiger partial charge on any atom is -0.347 e. The summed E-state index contributed by atoms with van der Waals surface area (Å²) in [5.74, 6) is -0.621. The Balaban J connectivity index is 1.52. The SMILES string of the molecule is CS(=O)(=O)Nc1ccc(NC(=O)CNC(=O)Cc2cccc3ccccc23)cc1. The quantitative estimate of drug-likeness (QED) is 0.556. The maximum atomic E-state index is 12.2. The number of benzene rings is 3. The summed E-state index contributed by atoms with van der Waals surface area (Å²) >= 11 is 0. The van der Waals surface area contributed by atoms with Gasteiger partial charge in [0, 0.05) is 11.4 Å². The van der Waals surface area contributed by atoms with E-state index in [1.165, 1.54) is 12.1 Å². The van der Waals surface area contributed by atoms with Crippen molar-refractivity contribution in [1.29, 1.82) is 0 Å². The second kappa shape index (κ2) is 8.74. The van der Waals surface area contributed by atoms with Gasteiger partial charge in [-0.05, 0) is 40.6 Å². The Kier molecular flexibility index (Phi) is 6.13. The molecule has 0 radical (unpaired) electrons. The molecule has 29 heavy (non-hydrogen) atoms. The maximum Gasteiger partial charge on any atom is 0.243 e. The van der Waals surface area contributed by atoms with E-state index in [2.05, 4.69) is 15.4 Å². The molecular weight excluding hydrogens is 390 g/mol. The first-order chi connectivity index (χ1) is 13.8. The third-order valence-corrected chi connectivity index (χ3v) is 4.76. The second-order valence-electron chi connectivity index (χ2n) is 6.59. The van der Waals surface area contributed by atoms with Crippen molar-refractivity contribution in [1.82, 2.24) is 5.32 Å². The van der Waals surface area contributed by atoms with Crippen molar-refractivity contribution in [3.63, 3.8) is 0 Å². The van der Waals surface area contributed by atoms with Crippen LogP contribution in [0.3, 0.4) is 0 Å². The van der Waals surface area contributed by atoms with E-state index in [-0.39, 0.29) is 24.8 Å². The van der Waals surface area contributed by atoms with Crippen LogP contribution in [0.2, 0.25) is 0 Å². The fourth-order valence-corrected chi connectivity index (χ4v) is 3.47. The predicted octanol–water partition coefficient (Wildman–Crippen LogP) is 2.51. The van der Waals surface area contributed by atoms with Gasteiger partial charge < -0.3 is 10.6 Å². The van der Waals surface area contributed by atoms with Gasteiger partial charge in [-0.3, -0.25) is 14.3 Å². The average Bonchev–Trinajstić information content (AvgIpc) is 2.67. The van der Waals surface area contributed by atoms with Crippen LogP contribution in [-0.4, -0.2) is 33.0 Å². The Labute approximate surface area is 169 Å². The Morgan fingerprint density at radius 1 is 0.828 bits per heavy atom. The summed E-state index contributed by atoms with van der Waals surface area (Å²) in [7, 11) is -3.36. The largest absolute Gasteiger partial charge is 0.347 e. The van der Waals surface area contributed by atoms with E-state index in [4.69, 9.17) is 0 Å². The van der Waals surface area contributed by atoms with Gasteiger partial charge >= 0.3 is 0 Å². The molecule has 0 aliphatic heterocycles. The van der Waals surface area contributed by atoms with Crippen molar-refractivity contribution in [2.75, 3.05) is 22.8 Å². The van der Waals surface area contributed by atoms with Crippen molar-refractivity contribution in [3.05, 3.63) is 72.3 Å². The topological polar surface area (TPSA) is 104 Å². The summed E-state index contributed by atoms with van der Waals surface area (Å²) in [5, 5.41) is 7.34. The van der Waals surface area contributed by atoms with Crippen LogP contribution in [0.4, 0.5) is 11.4 Å². The first kappa shape index (κ1) is 20.3. The molecule has 0 unspecified atom stereocenters. The molecule has 0 bridgehead atoms. The van der Waals surface area contributed by atoms with Gasteiger partial charge in [0.1, 0.15) is 0 Å². The molecule has 3 N–H and O–H groups in total. The minimum absolute atomic E-state index is 0.160. The summed E-state index contributed by atoms with van der Waals surface area (Å²) in [5.41, 5.74) is 1.79. The highest BCUT2D eigenvalue weighted by molar-refractivity contribution is 7.92. The Morgan fingerprint density at radius 3 is 2.21 bits per heavy atom. The molecule has 0 saturated carbocycles. The number of hydrogen-bond acceptors (Lipinski definition) is 4. The number of anilines is 2. The maximum absolute atomic E-state index is 12.2. The van der Waals surface area contributed by atoms with Gasteiger partial charge in [-0.2, -0.15) is 0 Å². The van der Waals surface area contributed by atoms with Crippen molar-refractivity contribution >= 4 is 44.0 Å². The van der Waals surface area contributed by atoms with E-state index < -0.39 is 10.0 Å². The minimum atomic E-state index is -3.36. The lowest BCUT2D eigenvalue weighted by molar-refractivity contribution is -0.123. The van der Waals surface area contributed by atoms with Gasteiger partial charge in [-0.25, -0.2) is 8.42 Å². The summed E-state index contributed by atoms with van der Waals surface area (Å²) in [6.45, 7) is -0.160. The van der Waals surface area contributed by atoms with Crippen molar-refractivity contribution in [3.8, 4) is 0 Å². The highest BCUT2D eigenvalue weighted by atomic mass is 32.2. The van der Waals surface area contributed by atoms with Crippen LogP contribution in [0, 0.1) is 0 Å². The van der Waals surface area contributed by atoms with E-state index in [0.717, 1.165) is 22.6 Å². The zero-order chi connectivity index (χ0) is 20.9. The number of hydrogen-bond donors (Lipinski definition) is 3. The molecule has 0 aliphatic rings. The van der Waals surface area contributed by atoms with Crippen LogP contribution in [0.15, 0.2) is 66.7 Å². The molecule has 0 atom stereocenters. The number of rotatable bonds is 7. The summed E-state index contributed by atoms with van der Waals surface area (Å²) in [4.78, 5) is 24.3. The molecule has 8 heteroatoms. The monoisotopic (exact) mass is 411 g/mol. The lowest BCUT2D eigenvalue weighted by Gasteiger charge is -2.09. The Bertz CT molecular complexity index is 1140. The van der Waals surface area contributed by atoms with Gasteiger partial charge in [0.25, 0.3) is 0 Å². The highest BCUT2D eigenvalue weighted by Crippen LogP contribution is 2.19. The number of carbonyl (C=O) groups is 2. The summed E-state index contributed by atoms with van der Waals surface area (Å²) in [6.07, 6.45) is 1.24. The Hall–Kier alpha value is -3.39. The number of fused-ring (bicyclic) bond motifs is 1. The molecule has 3 aromatic carbocycles. The van der Waals surface area contributed by atoms with Crippen molar-refractivity contribution in [2.45, 2.75) is 6.42 Å². The number of carbonyl (C=O) groups excluding carboxylic acids is 2. The van der Waals surface area contributed by atoms with Crippen LogP contribution in [-0.2, 0) is 26.0 Å². The van der Waals surface area contributed by atoms with E-state index in [9.17, 15) is 18.0 Å². The van der Waals surface area contributed by atoms with E-state index >= 15 is 0 Å². The molecule has 2 amide bonds. The smallest absolute Gasteiger partial charge is 0.243 e. The van der Waals surface area contributed by atoms with E-state index in [0.29, 0.717) is 11.4 Å². The third-order valence-electron chi connectivity index (χ3n) is 4.15. The average molecular weight is 411 g/mol. The van der Waals surface area contributed by atoms with Crippen LogP contribution in [0.1, 0.15) is 5.56 Å². The first-order valence-electron chi connectivity index (χ1n) is 8.91. The van der Waals surface area contributed by atoms with Crippen LogP contribution in [0.25, 0.3) is 10.8 Å². The molecule has 3 rings (SSSR count). The number of amides is 2. The summed E-state index contributed by atoms with van der Waals surface area (Å²) in [6, 6.07) is 19.8. The highest BCUT2D eigenvalue weighted by Gasteiger charge is 2.09. The van der Waals surface area contributed by atoms with Gasteiger partial charge in [0.15, 0.2) is 0 Å². The van der Waals surface area contributed by atoms with Gasteiger partial charge in [-0.15, -0.1) is 0 Å². The van der Waals surface area contributed by atoms with Gasteiger partial charge in [0.05, 0.1) is 19.2 Å². The zero-order valence-corrected chi connectivity index (χ0v) is 16.6. The summed E-state index contributed by atoms with van der Waals surface area (Å²) < 4.78 is 24.7. The molecule has 0 aliphatic carbocycles. The lowest BCUT2D eigenvalue weighted by Crippen LogP contribution is -2.33. The number of nitrogens with one attached hydrogen (secondary N) is 3. The van der Waals surface area contributed by atoms with E-state index in [1.807, 2.05) is 42.5 Å². The number of sulfonamides is 1. The first-order valence-corrected chi connectivity index (χ1v) is 10.8. The molecule has 0 saturated heterocycles. The van der Waals surface area contributed by atoms with Crippen molar-refractivity contribution < 1.29 is 18.0 Å². The fraction of sp³-hybridized carbons (Fsp3) is 0.143. The third kappa shape index (κ3) is 6.05. The Morgan fingerprint density at radius 2 is 1.48 bits per heavy atom. The fourth-order valence-electron chi connectivity index (χ4n) is 2.90. The van der Waals surface area contributed by atoms with Gasteiger partial charge in [0.2, 0.25) is 21.8 Å². The molecular formula is C21H21N3O4S. The molecule has 0 aromatic heterocycles. The zero-order valence-electron chi connectivity index (χ0n) is 15.8. The van der Waals surface area contributed by atoms with Crippen molar-refractivity contribution in [2.24, 2.45) is 0 Å². The molecule has 0 heterocycles. The van der Waals surface area contributed by atoms with E-state index in [1.54, 1.807) is 12.1 Å².